The molecule has 1 unspecified atom stereocenters. The summed E-state index contributed by atoms with van der Waals surface area (Å²) in [7, 11) is 0. The normalized spacial score (nSPS) is 11.9. The largest absolute Gasteiger partial charge is 0.491 e. The molecule has 0 bridgehead atoms. The van der Waals surface area contributed by atoms with Gasteiger partial charge in [-0.2, -0.15) is 0 Å². The van der Waals surface area contributed by atoms with E-state index in [0.717, 1.165) is 0 Å². The Balaban J connectivity index is 2.70. The molecule has 0 radical (unpaired) electrons. The van der Waals surface area contributed by atoms with Crippen LogP contribution in [0.25, 0.3) is 0 Å². The van der Waals surface area contributed by atoms with E-state index in [4.69, 9.17) is 21.4 Å². The molecule has 2 N–H and O–H groups in total. The maximum Gasteiger partial charge on any atom is 0.324 e. The number of hydrogen-bond acceptors (Lipinski definition) is 5. The summed E-state index contributed by atoms with van der Waals surface area (Å²) in [5.41, 5.74) is -0.226. The van der Waals surface area contributed by atoms with Gasteiger partial charge < -0.3 is 15.2 Å². The Morgan fingerprint density at radius 3 is 2.79 bits per heavy atom. The summed E-state index contributed by atoms with van der Waals surface area (Å²) in [5, 5.41) is 22.1. The van der Waals surface area contributed by atoms with Crippen LogP contribution in [0.5, 0.6) is 5.75 Å². The van der Waals surface area contributed by atoms with E-state index in [1.165, 1.54) is 18.2 Å². The van der Waals surface area contributed by atoms with Crippen LogP contribution in [0.4, 0.5) is 5.69 Å². The summed E-state index contributed by atoms with van der Waals surface area (Å²) >= 11 is 5.71. The molecule has 0 aliphatic rings. The molecule has 0 aliphatic carbocycles. The molecule has 0 fully saturated rings. The first-order valence-electron chi connectivity index (χ1n) is 5.48. The van der Waals surface area contributed by atoms with Crippen LogP contribution in [0.1, 0.15) is 6.92 Å². The van der Waals surface area contributed by atoms with Gasteiger partial charge in [0.15, 0.2) is 0 Å². The smallest absolute Gasteiger partial charge is 0.324 e. The zero-order valence-electron chi connectivity index (χ0n) is 10.1. The van der Waals surface area contributed by atoms with Crippen molar-refractivity contribution < 1.29 is 19.6 Å². The van der Waals surface area contributed by atoms with Crippen LogP contribution < -0.4 is 10.1 Å². The third kappa shape index (κ3) is 4.38. The van der Waals surface area contributed by atoms with Gasteiger partial charge >= 0.3 is 5.97 Å². The van der Waals surface area contributed by atoms with Gasteiger partial charge in [0, 0.05) is 12.1 Å². The molecule has 0 saturated heterocycles. The highest BCUT2D eigenvalue weighted by molar-refractivity contribution is 6.32. The van der Waals surface area contributed by atoms with E-state index in [0.29, 0.717) is 6.54 Å². The van der Waals surface area contributed by atoms with Crippen LogP contribution in [-0.2, 0) is 4.79 Å². The Hall–Kier alpha value is -1.86. The van der Waals surface area contributed by atoms with Crippen LogP contribution in [0.3, 0.4) is 0 Å². The van der Waals surface area contributed by atoms with Gasteiger partial charge in [0.05, 0.1) is 4.92 Å². The van der Waals surface area contributed by atoms with Crippen molar-refractivity contribution in [2.45, 2.75) is 13.0 Å². The van der Waals surface area contributed by atoms with E-state index in [2.05, 4.69) is 5.32 Å². The molecule has 0 amide bonds. The summed E-state index contributed by atoms with van der Waals surface area (Å²) < 4.78 is 5.25. The van der Waals surface area contributed by atoms with Gasteiger partial charge in [0.2, 0.25) is 0 Å². The molecule has 8 heteroatoms. The monoisotopic (exact) mass is 288 g/mol. The molecular formula is C11H13ClN2O5. The fraction of sp³-hybridized carbons (Fsp3) is 0.364. The number of nitro groups is 1. The third-order valence-corrected chi connectivity index (χ3v) is 2.58. The number of nitrogens with one attached hydrogen (secondary N) is 1. The van der Waals surface area contributed by atoms with Crippen molar-refractivity contribution in [3.05, 3.63) is 33.3 Å². The van der Waals surface area contributed by atoms with Crippen LogP contribution in [0.15, 0.2) is 18.2 Å². The van der Waals surface area contributed by atoms with E-state index < -0.39 is 16.9 Å². The number of rotatable bonds is 7. The number of carboxylic acids is 1. The van der Waals surface area contributed by atoms with Crippen molar-refractivity contribution in [2.24, 2.45) is 0 Å². The first-order chi connectivity index (χ1) is 8.95. The molecule has 0 aliphatic heterocycles. The number of ether oxygens (including phenoxy) is 1. The maximum absolute atomic E-state index is 10.9. The minimum Gasteiger partial charge on any atom is -0.491 e. The highest BCUT2D eigenvalue weighted by Crippen LogP contribution is 2.28. The van der Waals surface area contributed by atoms with Crippen LogP contribution in [0, 0.1) is 10.1 Å². The number of halogens is 1. The number of aliphatic carboxylic acids is 1. The van der Waals surface area contributed by atoms with Crippen molar-refractivity contribution in [3.63, 3.8) is 0 Å². The molecule has 104 valence electrons. The van der Waals surface area contributed by atoms with Gasteiger partial charge in [-0.15, -0.1) is 0 Å². The Bertz CT molecular complexity index is 480. The number of nitrogens with zero attached hydrogens (tertiary/aromatic N) is 1. The summed E-state index contributed by atoms with van der Waals surface area (Å²) in [5.74, 6) is -0.755. The number of likely N-dealkylation sites (N-methyl/N-ethyl adjacent to an activating group) is 1. The molecule has 1 aromatic carbocycles. The predicted molar refractivity (Wildman–Crippen MR) is 68.7 cm³/mol. The topological polar surface area (TPSA) is 102 Å². The molecule has 0 spiro atoms. The summed E-state index contributed by atoms with van der Waals surface area (Å²) in [4.78, 5) is 20.8. The minimum atomic E-state index is -1.03. The molecule has 1 aromatic rings. The Kier molecular flexibility index (Phi) is 5.53. The fourth-order valence-corrected chi connectivity index (χ4v) is 1.61. The van der Waals surface area contributed by atoms with Crippen molar-refractivity contribution in [2.75, 3.05) is 13.2 Å². The van der Waals surface area contributed by atoms with E-state index in [-0.39, 0.29) is 23.1 Å². The van der Waals surface area contributed by atoms with Gasteiger partial charge in [-0.05, 0) is 12.6 Å². The zero-order chi connectivity index (χ0) is 14.4. The first kappa shape index (κ1) is 15.2. The molecule has 0 heterocycles. The number of nitro benzene ring substituents is 1. The highest BCUT2D eigenvalue weighted by atomic mass is 35.5. The third-order valence-electron chi connectivity index (χ3n) is 2.28. The summed E-state index contributed by atoms with van der Waals surface area (Å²) in [6, 6.07) is 3.01. The van der Waals surface area contributed by atoms with Gasteiger partial charge in [-0.3, -0.25) is 14.9 Å². The van der Waals surface area contributed by atoms with Gasteiger partial charge in [-0.25, -0.2) is 0 Å². The predicted octanol–water partition coefficient (Wildman–Crippen LogP) is 1.69. The number of hydrogen-bond donors (Lipinski definition) is 2. The van der Waals surface area contributed by atoms with Crippen LogP contribution in [-0.4, -0.2) is 35.2 Å². The van der Waals surface area contributed by atoms with Crippen molar-refractivity contribution in [1.29, 1.82) is 0 Å². The van der Waals surface area contributed by atoms with Crippen molar-refractivity contribution >= 4 is 23.3 Å². The maximum atomic E-state index is 10.9. The summed E-state index contributed by atoms with van der Waals surface area (Å²) in [6.45, 7) is 2.16. The second-order valence-corrected chi connectivity index (χ2v) is 4.04. The Morgan fingerprint density at radius 2 is 2.32 bits per heavy atom. The first-order valence-corrected chi connectivity index (χ1v) is 5.86. The number of carbonyl (C=O) groups is 1. The molecule has 19 heavy (non-hydrogen) atoms. The molecular weight excluding hydrogens is 276 g/mol. The van der Waals surface area contributed by atoms with E-state index in [1.54, 1.807) is 6.92 Å². The number of carboxylic acid groups (broad SMARTS) is 1. The molecule has 1 atom stereocenters. The van der Waals surface area contributed by atoms with Gasteiger partial charge in [-0.1, -0.05) is 18.5 Å². The quantitative estimate of drug-likeness (QED) is 0.585. The van der Waals surface area contributed by atoms with E-state index in [1.807, 2.05) is 0 Å². The van der Waals surface area contributed by atoms with E-state index in [9.17, 15) is 14.9 Å². The van der Waals surface area contributed by atoms with Crippen LogP contribution >= 0.6 is 11.6 Å². The van der Waals surface area contributed by atoms with Crippen molar-refractivity contribution in [1.82, 2.24) is 5.32 Å². The zero-order valence-corrected chi connectivity index (χ0v) is 10.9. The lowest BCUT2D eigenvalue weighted by atomic mass is 10.3. The average molecular weight is 289 g/mol. The summed E-state index contributed by atoms with van der Waals surface area (Å²) in [6.07, 6.45) is 0. The standard InChI is InChI=1S/C11H13ClN2O5/c1-2-13-9(11(15)16)6-19-7-3-4-10(14(17)18)8(12)5-7/h3-5,9,13H,2,6H2,1H3,(H,15,16). The lowest BCUT2D eigenvalue weighted by Crippen LogP contribution is -2.41. The Morgan fingerprint density at radius 1 is 1.63 bits per heavy atom. The SMILES string of the molecule is CCNC(COc1ccc([N+](=O)[O-])c(Cl)c1)C(=O)O. The van der Waals surface area contributed by atoms with E-state index >= 15 is 0 Å². The highest BCUT2D eigenvalue weighted by Gasteiger charge is 2.18. The van der Waals surface area contributed by atoms with Gasteiger partial charge in [0.1, 0.15) is 23.4 Å². The minimum absolute atomic E-state index is 0.0576. The molecule has 7 nitrogen and oxygen atoms in total. The fourth-order valence-electron chi connectivity index (χ4n) is 1.37. The van der Waals surface area contributed by atoms with Crippen LogP contribution in [0.2, 0.25) is 5.02 Å². The molecule has 0 aromatic heterocycles. The second-order valence-electron chi connectivity index (χ2n) is 3.63. The molecule has 1 rings (SSSR count). The Labute approximate surface area is 114 Å². The average Bonchev–Trinajstić information content (AvgIpc) is 2.33. The lowest BCUT2D eigenvalue weighted by molar-refractivity contribution is -0.384. The number of benzene rings is 1. The van der Waals surface area contributed by atoms with Crippen molar-refractivity contribution in [3.8, 4) is 5.75 Å². The van der Waals surface area contributed by atoms with Gasteiger partial charge in [0.25, 0.3) is 5.69 Å². The lowest BCUT2D eigenvalue weighted by Gasteiger charge is -2.14. The molecule has 0 saturated carbocycles. The second kappa shape index (κ2) is 6.91.